The van der Waals surface area contributed by atoms with E-state index in [9.17, 15) is 9.90 Å². The van der Waals surface area contributed by atoms with Crippen LogP contribution in [0.2, 0.25) is 0 Å². The summed E-state index contributed by atoms with van der Waals surface area (Å²) < 4.78 is 7.48. The number of piperazine rings is 1. The van der Waals surface area contributed by atoms with Crippen molar-refractivity contribution in [3.8, 4) is 11.3 Å². The van der Waals surface area contributed by atoms with Crippen molar-refractivity contribution in [1.82, 2.24) is 19.8 Å². The zero-order valence-electron chi connectivity index (χ0n) is 22.2. The van der Waals surface area contributed by atoms with Gasteiger partial charge in [-0.3, -0.25) is 4.79 Å². The number of methoxy groups -OCH3 is 1. The summed E-state index contributed by atoms with van der Waals surface area (Å²) in [5.74, 6) is -0.0556. The largest absolute Gasteiger partial charge is 0.385 e. The molecule has 2 heterocycles. The summed E-state index contributed by atoms with van der Waals surface area (Å²) in [6.45, 7) is 3.16. The van der Waals surface area contributed by atoms with Crippen molar-refractivity contribution in [3.05, 3.63) is 72.7 Å². The van der Waals surface area contributed by atoms with E-state index in [1.54, 1.807) is 13.4 Å². The molecule has 1 aromatic heterocycles. The summed E-state index contributed by atoms with van der Waals surface area (Å²) in [6, 6.07) is 19.9. The number of aliphatic hydroxyl groups is 1. The molecule has 3 N–H and O–H groups in total. The van der Waals surface area contributed by atoms with Gasteiger partial charge in [0.25, 0.3) is 5.91 Å². The molecule has 1 saturated heterocycles. The number of carbonyl (C=O) groups is 1. The van der Waals surface area contributed by atoms with E-state index in [1.807, 2.05) is 58.0 Å². The number of anilines is 1. The van der Waals surface area contributed by atoms with Gasteiger partial charge in [-0.25, -0.2) is 4.98 Å². The van der Waals surface area contributed by atoms with E-state index >= 15 is 0 Å². The van der Waals surface area contributed by atoms with Crippen LogP contribution in [0.4, 0.5) is 5.69 Å². The third-order valence-electron chi connectivity index (χ3n) is 7.92. The summed E-state index contributed by atoms with van der Waals surface area (Å²) in [4.78, 5) is 20.8. The van der Waals surface area contributed by atoms with Crippen molar-refractivity contribution in [2.24, 2.45) is 0 Å². The molecule has 3 atom stereocenters. The minimum atomic E-state index is -1.00. The molecule has 0 unspecified atom stereocenters. The van der Waals surface area contributed by atoms with Crippen LogP contribution < -0.4 is 10.6 Å². The first-order chi connectivity index (χ1) is 18.6. The molecule has 0 spiro atoms. The Morgan fingerprint density at radius 2 is 1.92 bits per heavy atom. The molecule has 8 nitrogen and oxygen atoms in total. The van der Waals surface area contributed by atoms with Gasteiger partial charge in [0.05, 0.1) is 24.7 Å². The van der Waals surface area contributed by atoms with E-state index in [1.165, 1.54) is 0 Å². The third-order valence-corrected chi connectivity index (χ3v) is 7.92. The standard InChI is InChI=1S/C30H39N5O3/c1-38-21-30(37)16-9-8-14-26(30)35-22-33-27(28(35)23-10-4-2-5-11-23)29(36)34-19-18-31-20-25(34)15-17-32-24-12-6-3-7-13-24/h2-7,10-13,22,25-26,31-32,37H,8-9,14-21H2,1H3/t25-,26-,30-/m1/s1. The number of para-hydroxylation sites is 1. The van der Waals surface area contributed by atoms with Gasteiger partial charge in [-0.05, 0) is 31.4 Å². The number of aromatic nitrogens is 2. The van der Waals surface area contributed by atoms with Gasteiger partial charge in [-0.15, -0.1) is 0 Å². The number of ether oxygens (including phenoxy) is 1. The van der Waals surface area contributed by atoms with Gasteiger partial charge < -0.3 is 29.9 Å². The average Bonchev–Trinajstić information content (AvgIpc) is 3.39. The Hall–Kier alpha value is -3.20. The van der Waals surface area contributed by atoms with E-state index in [0.29, 0.717) is 18.7 Å². The Morgan fingerprint density at radius 1 is 1.16 bits per heavy atom. The number of amides is 1. The lowest BCUT2D eigenvalue weighted by molar-refractivity contribution is -0.0893. The van der Waals surface area contributed by atoms with E-state index in [-0.39, 0.29) is 24.6 Å². The first kappa shape index (κ1) is 26.4. The second-order valence-corrected chi connectivity index (χ2v) is 10.5. The highest BCUT2D eigenvalue weighted by atomic mass is 16.5. The van der Waals surface area contributed by atoms with Gasteiger partial charge in [0.1, 0.15) is 5.60 Å². The second-order valence-electron chi connectivity index (χ2n) is 10.5. The lowest BCUT2D eigenvalue weighted by Gasteiger charge is -2.41. The number of benzene rings is 2. The topological polar surface area (TPSA) is 91.6 Å². The van der Waals surface area contributed by atoms with Crippen LogP contribution in [0.3, 0.4) is 0 Å². The molecule has 1 aliphatic carbocycles. The Balaban J connectivity index is 1.43. The van der Waals surface area contributed by atoms with Crippen LogP contribution in [0.15, 0.2) is 67.0 Å². The molecular formula is C30H39N5O3. The lowest BCUT2D eigenvalue weighted by Crippen LogP contribution is -2.54. The molecule has 5 rings (SSSR count). The first-order valence-electron chi connectivity index (χ1n) is 13.7. The fourth-order valence-corrected chi connectivity index (χ4v) is 6.02. The maximum absolute atomic E-state index is 14.1. The zero-order valence-corrected chi connectivity index (χ0v) is 22.2. The molecule has 38 heavy (non-hydrogen) atoms. The number of nitrogens with one attached hydrogen (secondary N) is 2. The van der Waals surface area contributed by atoms with E-state index in [0.717, 1.165) is 62.3 Å². The monoisotopic (exact) mass is 517 g/mol. The molecule has 0 bridgehead atoms. The fourth-order valence-electron chi connectivity index (χ4n) is 6.02. The summed E-state index contributed by atoms with van der Waals surface area (Å²) in [7, 11) is 1.63. The van der Waals surface area contributed by atoms with Crippen LogP contribution in [-0.2, 0) is 4.74 Å². The number of carbonyl (C=O) groups excluding carboxylic acids is 1. The van der Waals surface area contributed by atoms with Crippen molar-refractivity contribution < 1.29 is 14.6 Å². The number of rotatable bonds is 9. The molecule has 202 valence electrons. The van der Waals surface area contributed by atoms with Crippen LogP contribution in [-0.4, -0.2) is 77.0 Å². The molecule has 2 aliphatic rings. The van der Waals surface area contributed by atoms with Crippen molar-refractivity contribution in [1.29, 1.82) is 0 Å². The predicted molar refractivity (Wildman–Crippen MR) is 149 cm³/mol. The van der Waals surface area contributed by atoms with Crippen molar-refractivity contribution in [2.75, 3.05) is 45.2 Å². The molecule has 8 heteroatoms. The Bertz CT molecular complexity index is 1180. The Morgan fingerprint density at radius 3 is 2.68 bits per heavy atom. The van der Waals surface area contributed by atoms with E-state index < -0.39 is 5.60 Å². The predicted octanol–water partition coefficient (Wildman–Crippen LogP) is 3.96. The van der Waals surface area contributed by atoms with Gasteiger partial charge in [0, 0.05) is 50.6 Å². The molecule has 1 aliphatic heterocycles. The van der Waals surface area contributed by atoms with Crippen molar-refractivity contribution in [2.45, 2.75) is 49.8 Å². The Kier molecular flexibility index (Phi) is 8.42. The van der Waals surface area contributed by atoms with E-state index in [2.05, 4.69) is 22.8 Å². The van der Waals surface area contributed by atoms with Crippen molar-refractivity contribution >= 4 is 11.6 Å². The van der Waals surface area contributed by atoms with Crippen LogP contribution in [0.5, 0.6) is 0 Å². The van der Waals surface area contributed by atoms with Gasteiger partial charge in [-0.1, -0.05) is 61.4 Å². The number of nitrogens with zero attached hydrogens (tertiary/aromatic N) is 3. The highest BCUT2D eigenvalue weighted by Gasteiger charge is 2.42. The summed E-state index contributed by atoms with van der Waals surface area (Å²) >= 11 is 0. The zero-order chi connectivity index (χ0) is 26.4. The number of hydrogen-bond donors (Lipinski definition) is 3. The van der Waals surface area contributed by atoms with E-state index in [4.69, 9.17) is 9.72 Å². The minimum Gasteiger partial charge on any atom is -0.385 e. The normalized spacial score (nSPS) is 23.8. The van der Waals surface area contributed by atoms with Crippen LogP contribution in [0.25, 0.3) is 11.3 Å². The quantitative estimate of drug-likeness (QED) is 0.398. The Labute approximate surface area is 225 Å². The minimum absolute atomic E-state index is 0.0556. The first-order valence-corrected chi connectivity index (χ1v) is 13.7. The summed E-state index contributed by atoms with van der Waals surface area (Å²) in [6.07, 6.45) is 6.02. The molecule has 2 fully saturated rings. The highest BCUT2D eigenvalue weighted by Crippen LogP contribution is 2.41. The summed E-state index contributed by atoms with van der Waals surface area (Å²) in [5.41, 5.74) is 2.23. The average molecular weight is 518 g/mol. The maximum Gasteiger partial charge on any atom is 0.275 e. The molecule has 0 radical (unpaired) electrons. The molecule has 2 aromatic carbocycles. The van der Waals surface area contributed by atoms with Crippen LogP contribution in [0.1, 0.15) is 48.6 Å². The second kappa shape index (κ2) is 12.1. The maximum atomic E-state index is 14.1. The molecule has 3 aromatic rings. The van der Waals surface area contributed by atoms with Gasteiger partial charge in [0.2, 0.25) is 0 Å². The van der Waals surface area contributed by atoms with Crippen LogP contribution >= 0.6 is 0 Å². The number of hydrogen-bond acceptors (Lipinski definition) is 6. The van der Waals surface area contributed by atoms with Crippen molar-refractivity contribution in [3.63, 3.8) is 0 Å². The third kappa shape index (κ3) is 5.62. The van der Waals surface area contributed by atoms with Gasteiger partial charge in [0.15, 0.2) is 5.69 Å². The molecule has 1 amide bonds. The van der Waals surface area contributed by atoms with Crippen LogP contribution in [0, 0.1) is 0 Å². The molecule has 1 saturated carbocycles. The molecular weight excluding hydrogens is 478 g/mol. The van der Waals surface area contributed by atoms with Gasteiger partial charge >= 0.3 is 0 Å². The lowest BCUT2D eigenvalue weighted by atomic mass is 9.80. The SMILES string of the molecule is COC[C@]1(O)CCCC[C@H]1n1cnc(C(=O)N2CCNC[C@H]2CCNc2ccccc2)c1-c1ccccc1. The number of imidazole rings is 1. The fraction of sp³-hybridized carbons (Fsp3) is 0.467. The summed E-state index contributed by atoms with van der Waals surface area (Å²) in [5, 5.41) is 18.5. The van der Waals surface area contributed by atoms with Gasteiger partial charge in [-0.2, -0.15) is 0 Å². The highest BCUT2D eigenvalue weighted by molar-refractivity contribution is 5.98. The smallest absolute Gasteiger partial charge is 0.275 e.